The second-order valence-corrected chi connectivity index (χ2v) is 7.50. The third-order valence-corrected chi connectivity index (χ3v) is 5.64. The number of halogens is 1. The zero-order valence-corrected chi connectivity index (χ0v) is 16.9. The molecule has 0 bridgehead atoms. The van der Waals surface area contributed by atoms with Crippen molar-refractivity contribution in [2.45, 2.75) is 57.5 Å². The first kappa shape index (κ1) is 21.5. The molecular weight excluding hydrogens is 366 g/mol. The molecule has 1 unspecified atom stereocenters. The number of carbonyl (C=O) groups is 2. The van der Waals surface area contributed by atoms with Crippen molar-refractivity contribution in [1.29, 1.82) is 0 Å². The number of nitrogens with two attached hydrogens (primary N) is 1. The van der Waals surface area contributed by atoms with Gasteiger partial charge in [-0.15, -0.1) is 12.4 Å². The van der Waals surface area contributed by atoms with E-state index >= 15 is 0 Å². The molecule has 0 aromatic heterocycles. The van der Waals surface area contributed by atoms with Crippen molar-refractivity contribution in [1.82, 2.24) is 4.90 Å². The van der Waals surface area contributed by atoms with Crippen LogP contribution in [0.15, 0.2) is 18.2 Å². The van der Waals surface area contributed by atoms with Crippen LogP contribution >= 0.6 is 12.4 Å². The van der Waals surface area contributed by atoms with E-state index in [9.17, 15) is 9.59 Å². The SMILES string of the molecule is COc1ccc(C)cc1NC(=O)C1CCCN1C(=O)C[C@@H]1CCC[C@H]1N.Cl. The summed E-state index contributed by atoms with van der Waals surface area (Å²) >= 11 is 0. The van der Waals surface area contributed by atoms with E-state index in [1.165, 1.54) is 0 Å². The molecular formula is C20H30ClN3O3. The quantitative estimate of drug-likeness (QED) is 0.802. The number of ether oxygens (including phenoxy) is 1. The van der Waals surface area contributed by atoms with Crippen molar-refractivity contribution >= 4 is 29.9 Å². The van der Waals surface area contributed by atoms with Crippen molar-refractivity contribution < 1.29 is 14.3 Å². The molecule has 27 heavy (non-hydrogen) atoms. The number of nitrogens with zero attached hydrogens (tertiary/aromatic N) is 1. The number of carbonyl (C=O) groups excluding carboxylic acids is 2. The number of methoxy groups -OCH3 is 1. The van der Waals surface area contributed by atoms with Gasteiger partial charge in [-0.25, -0.2) is 0 Å². The first-order chi connectivity index (χ1) is 12.5. The Balaban J connectivity index is 0.00000261. The molecule has 2 fully saturated rings. The van der Waals surface area contributed by atoms with Crippen LogP contribution < -0.4 is 15.8 Å². The molecule has 6 nitrogen and oxygen atoms in total. The van der Waals surface area contributed by atoms with E-state index in [0.29, 0.717) is 30.8 Å². The van der Waals surface area contributed by atoms with E-state index in [-0.39, 0.29) is 36.2 Å². The molecule has 0 radical (unpaired) electrons. The molecule has 3 rings (SSSR count). The highest BCUT2D eigenvalue weighted by molar-refractivity contribution is 5.98. The lowest BCUT2D eigenvalue weighted by atomic mass is 9.99. The highest BCUT2D eigenvalue weighted by atomic mass is 35.5. The summed E-state index contributed by atoms with van der Waals surface area (Å²) in [6.45, 7) is 2.61. The van der Waals surface area contributed by atoms with Gasteiger partial charge in [-0.05, 0) is 56.2 Å². The van der Waals surface area contributed by atoms with Crippen LogP contribution in [0, 0.1) is 12.8 Å². The second kappa shape index (κ2) is 9.42. The normalized spacial score (nSPS) is 24.4. The number of likely N-dealkylation sites (tertiary alicyclic amines) is 1. The first-order valence-corrected chi connectivity index (χ1v) is 9.50. The molecule has 2 amide bonds. The standard InChI is InChI=1S/C20H29N3O3.ClH/c1-13-8-9-18(26-2)16(11-13)22-20(25)17-7-4-10-23(17)19(24)12-14-5-3-6-15(14)21;/h8-9,11,14-15,17H,3-7,10,12,21H2,1-2H3,(H,22,25);1H/t14-,15+,17?;/m0./s1. The second-order valence-electron chi connectivity index (χ2n) is 7.50. The minimum absolute atomic E-state index is 0. The van der Waals surface area contributed by atoms with Crippen LogP contribution in [0.4, 0.5) is 5.69 Å². The van der Waals surface area contributed by atoms with Crippen molar-refractivity contribution in [3.05, 3.63) is 23.8 Å². The van der Waals surface area contributed by atoms with E-state index < -0.39 is 6.04 Å². The number of aryl methyl sites for hydroxylation is 1. The topological polar surface area (TPSA) is 84.7 Å². The summed E-state index contributed by atoms with van der Waals surface area (Å²) in [5, 5.41) is 2.95. The number of hydrogen-bond acceptors (Lipinski definition) is 4. The highest BCUT2D eigenvalue weighted by Gasteiger charge is 2.36. The lowest BCUT2D eigenvalue weighted by Crippen LogP contribution is -2.44. The Bertz CT molecular complexity index is 682. The van der Waals surface area contributed by atoms with Gasteiger partial charge in [0, 0.05) is 19.0 Å². The molecule has 1 aromatic carbocycles. The third-order valence-electron chi connectivity index (χ3n) is 5.64. The number of anilines is 1. The Morgan fingerprint density at radius 2 is 2.04 bits per heavy atom. The summed E-state index contributed by atoms with van der Waals surface area (Å²) in [7, 11) is 1.58. The maximum atomic E-state index is 12.8. The summed E-state index contributed by atoms with van der Waals surface area (Å²) in [5.41, 5.74) is 7.79. The van der Waals surface area contributed by atoms with Crippen LogP contribution in [0.25, 0.3) is 0 Å². The number of benzene rings is 1. The first-order valence-electron chi connectivity index (χ1n) is 9.50. The number of nitrogens with one attached hydrogen (secondary N) is 1. The number of amides is 2. The molecule has 1 aromatic rings. The molecule has 1 saturated heterocycles. The minimum Gasteiger partial charge on any atom is -0.495 e. The largest absolute Gasteiger partial charge is 0.495 e. The van der Waals surface area contributed by atoms with Crippen molar-refractivity contribution in [3.63, 3.8) is 0 Å². The predicted molar refractivity (Wildman–Crippen MR) is 108 cm³/mol. The van der Waals surface area contributed by atoms with Crippen LogP contribution in [-0.2, 0) is 9.59 Å². The van der Waals surface area contributed by atoms with Crippen molar-refractivity contribution in [2.75, 3.05) is 19.0 Å². The van der Waals surface area contributed by atoms with Gasteiger partial charge in [0.2, 0.25) is 11.8 Å². The average molecular weight is 396 g/mol. The summed E-state index contributed by atoms with van der Waals surface area (Å²) in [6.07, 6.45) is 5.11. The predicted octanol–water partition coefficient (Wildman–Crippen LogP) is 2.87. The van der Waals surface area contributed by atoms with Gasteiger partial charge in [-0.3, -0.25) is 9.59 Å². The van der Waals surface area contributed by atoms with Crippen LogP contribution in [0.5, 0.6) is 5.75 Å². The summed E-state index contributed by atoms with van der Waals surface area (Å²) in [6, 6.07) is 5.36. The fourth-order valence-corrected chi connectivity index (χ4v) is 4.13. The van der Waals surface area contributed by atoms with Crippen LogP contribution in [-0.4, -0.2) is 42.5 Å². The number of hydrogen-bond donors (Lipinski definition) is 2. The van der Waals surface area contributed by atoms with E-state index in [0.717, 1.165) is 31.2 Å². The van der Waals surface area contributed by atoms with E-state index in [1.807, 2.05) is 25.1 Å². The molecule has 1 heterocycles. The van der Waals surface area contributed by atoms with E-state index in [1.54, 1.807) is 12.0 Å². The summed E-state index contributed by atoms with van der Waals surface area (Å²) < 4.78 is 5.33. The fourth-order valence-electron chi connectivity index (χ4n) is 4.13. The van der Waals surface area contributed by atoms with Gasteiger partial charge < -0.3 is 20.7 Å². The van der Waals surface area contributed by atoms with Gasteiger partial charge >= 0.3 is 0 Å². The van der Waals surface area contributed by atoms with Crippen LogP contribution in [0.3, 0.4) is 0 Å². The summed E-state index contributed by atoms with van der Waals surface area (Å²) in [4.78, 5) is 27.3. The Morgan fingerprint density at radius 1 is 1.26 bits per heavy atom. The molecule has 2 aliphatic rings. The Labute approximate surface area is 167 Å². The van der Waals surface area contributed by atoms with E-state index in [2.05, 4.69) is 5.32 Å². The zero-order valence-electron chi connectivity index (χ0n) is 16.1. The number of rotatable bonds is 5. The van der Waals surface area contributed by atoms with Crippen molar-refractivity contribution in [2.24, 2.45) is 11.7 Å². The molecule has 150 valence electrons. The Hall–Kier alpha value is -1.79. The smallest absolute Gasteiger partial charge is 0.247 e. The molecule has 3 atom stereocenters. The molecule has 0 spiro atoms. The maximum absolute atomic E-state index is 12.8. The zero-order chi connectivity index (χ0) is 18.7. The molecule has 1 saturated carbocycles. The maximum Gasteiger partial charge on any atom is 0.247 e. The van der Waals surface area contributed by atoms with Gasteiger partial charge in [0.25, 0.3) is 0 Å². The minimum atomic E-state index is -0.412. The Kier molecular flexibility index (Phi) is 7.50. The lowest BCUT2D eigenvalue weighted by Gasteiger charge is -2.26. The van der Waals surface area contributed by atoms with Crippen LogP contribution in [0.2, 0.25) is 0 Å². The van der Waals surface area contributed by atoms with Gasteiger partial charge in [0.05, 0.1) is 12.8 Å². The van der Waals surface area contributed by atoms with Crippen molar-refractivity contribution in [3.8, 4) is 5.75 Å². The molecule has 7 heteroatoms. The monoisotopic (exact) mass is 395 g/mol. The fraction of sp³-hybridized carbons (Fsp3) is 0.600. The van der Waals surface area contributed by atoms with Crippen LogP contribution in [0.1, 0.15) is 44.1 Å². The Morgan fingerprint density at radius 3 is 2.70 bits per heavy atom. The molecule has 1 aliphatic heterocycles. The lowest BCUT2D eigenvalue weighted by molar-refractivity contribution is -0.137. The van der Waals surface area contributed by atoms with Gasteiger partial charge in [-0.1, -0.05) is 12.5 Å². The summed E-state index contributed by atoms with van der Waals surface area (Å²) in [5.74, 6) is 0.789. The third kappa shape index (κ3) is 4.93. The van der Waals surface area contributed by atoms with Gasteiger partial charge in [0.1, 0.15) is 11.8 Å². The molecule has 3 N–H and O–H groups in total. The average Bonchev–Trinajstić information content (AvgIpc) is 3.25. The van der Waals surface area contributed by atoms with E-state index in [4.69, 9.17) is 10.5 Å². The highest BCUT2D eigenvalue weighted by Crippen LogP contribution is 2.30. The molecule has 1 aliphatic carbocycles. The van der Waals surface area contributed by atoms with Gasteiger partial charge in [-0.2, -0.15) is 0 Å². The van der Waals surface area contributed by atoms with Gasteiger partial charge in [0.15, 0.2) is 0 Å².